The van der Waals surface area contributed by atoms with Crippen LogP contribution < -0.4 is 5.56 Å². The normalized spacial score (nSPS) is 13.7. The number of hydrogen-bond acceptors (Lipinski definition) is 3. The molecular formula is C25H21F2N3O2. The minimum atomic E-state index is -0.562. The Hall–Kier alpha value is -3.79. The Kier molecular flexibility index (Phi) is 5.87. The third-order valence-corrected chi connectivity index (χ3v) is 5.86. The Morgan fingerprint density at radius 3 is 2.69 bits per heavy atom. The number of aryl methyl sites for hydroxylation is 2. The summed E-state index contributed by atoms with van der Waals surface area (Å²) in [7, 11) is 0. The summed E-state index contributed by atoms with van der Waals surface area (Å²) in [5.74, 6) is -1.17. The summed E-state index contributed by atoms with van der Waals surface area (Å²) >= 11 is 0. The molecule has 3 aromatic rings. The van der Waals surface area contributed by atoms with Gasteiger partial charge in [0.05, 0.1) is 10.9 Å². The number of nitriles is 1. The molecule has 1 N–H and O–H groups in total. The highest BCUT2D eigenvalue weighted by Crippen LogP contribution is 2.25. The van der Waals surface area contributed by atoms with Gasteiger partial charge in [-0.05, 0) is 66.1 Å². The fourth-order valence-corrected chi connectivity index (χ4v) is 4.03. The number of carbonyl (C=O) groups excluding carboxylic acids is 1. The van der Waals surface area contributed by atoms with Crippen LogP contribution in [0, 0.1) is 29.9 Å². The highest BCUT2D eigenvalue weighted by molar-refractivity contribution is 5.86. The molecule has 0 aliphatic carbocycles. The molecule has 0 fully saturated rings. The first-order valence-corrected chi connectivity index (χ1v) is 10.3. The van der Waals surface area contributed by atoms with Crippen LogP contribution in [-0.4, -0.2) is 28.9 Å². The number of carbonyl (C=O) groups is 1. The number of nitrogens with one attached hydrogen (secondary N) is 1. The van der Waals surface area contributed by atoms with Gasteiger partial charge in [0, 0.05) is 25.2 Å². The zero-order valence-electron chi connectivity index (χ0n) is 17.5. The van der Waals surface area contributed by atoms with Crippen molar-refractivity contribution in [2.75, 3.05) is 13.1 Å². The van der Waals surface area contributed by atoms with E-state index in [1.165, 1.54) is 18.2 Å². The molecule has 2 aromatic carbocycles. The third kappa shape index (κ3) is 4.17. The monoisotopic (exact) mass is 433 g/mol. The Morgan fingerprint density at radius 1 is 1.19 bits per heavy atom. The van der Waals surface area contributed by atoms with E-state index in [0.717, 1.165) is 11.1 Å². The van der Waals surface area contributed by atoms with Gasteiger partial charge in [-0.1, -0.05) is 18.2 Å². The summed E-state index contributed by atoms with van der Waals surface area (Å²) < 4.78 is 27.9. The number of benzene rings is 2. The quantitative estimate of drug-likeness (QED) is 0.669. The van der Waals surface area contributed by atoms with Gasteiger partial charge in [0.2, 0.25) is 5.91 Å². The second kappa shape index (κ2) is 8.75. The molecular weight excluding hydrogens is 412 g/mol. The average molecular weight is 433 g/mol. The summed E-state index contributed by atoms with van der Waals surface area (Å²) in [6.07, 6.45) is 3.03. The summed E-state index contributed by atoms with van der Waals surface area (Å²) in [5, 5.41) is 9.44. The van der Waals surface area contributed by atoms with E-state index in [1.807, 2.05) is 13.0 Å². The molecule has 0 bridgehead atoms. The van der Waals surface area contributed by atoms with E-state index in [4.69, 9.17) is 5.26 Å². The number of fused-ring (bicyclic) bond motifs is 1. The van der Waals surface area contributed by atoms with Crippen LogP contribution >= 0.6 is 0 Å². The zero-order valence-corrected chi connectivity index (χ0v) is 17.5. The van der Waals surface area contributed by atoms with Crippen molar-refractivity contribution >= 4 is 22.3 Å². The number of rotatable bonds is 4. The van der Waals surface area contributed by atoms with Gasteiger partial charge >= 0.3 is 0 Å². The van der Waals surface area contributed by atoms with E-state index in [0.29, 0.717) is 42.6 Å². The molecule has 1 amide bonds. The van der Waals surface area contributed by atoms with Gasteiger partial charge < -0.3 is 9.88 Å². The number of pyridine rings is 1. The lowest BCUT2D eigenvalue weighted by atomic mass is 9.98. The van der Waals surface area contributed by atoms with Crippen LogP contribution in [0.15, 0.2) is 47.3 Å². The predicted octanol–water partition coefficient (Wildman–Crippen LogP) is 4.23. The highest BCUT2D eigenvalue weighted by atomic mass is 19.1. The summed E-state index contributed by atoms with van der Waals surface area (Å²) in [4.78, 5) is 29.4. The fraction of sp³-hybridized carbons (Fsp3) is 0.240. The average Bonchev–Trinajstić information content (AvgIpc) is 2.79. The summed E-state index contributed by atoms with van der Waals surface area (Å²) in [6.45, 7) is 2.73. The number of aromatic amines is 1. The van der Waals surface area contributed by atoms with E-state index >= 15 is 0 Å². The zero-order chi connectivity index (χ0) is 22.8. The minimum Gasteiger partial charge on any atom is -0.339 e. The van der Waals surface area contributed by atoms with Gasteiger partial charge in [-0.25, -0.2) is 8.78 Å². The lowest BCUT2D eigenvalue weighted by Crippen LogP contribution is -2.34. The van der Waals surface area contributed by atoms with E-state index < -0.39 is 17.2 Å². The largest absolute Gasteiger partial charge is 0.339 e. The van der Waals surface area contributed by atoms with Crippen molar-refractivity contribution in [2.45, 2.75) is 26.2 Å². The maximum atomic E-state index is 14.0. The molecule has 2 heterocycles. The molecule has 0 saturated carbocycles. The summed E-state index contributed by atoms with van der Waals surface area (Å²) in [6, 6.07) is 11.0. The van der Waals surface area contributed by atoms with Crippen molar-refractivity contribution in [1.29, 1.82) is 5.26 Å². The molecule has 0 saturated heterocycles. The Morgan fingerprint density at radius 2 is 2.00 bits per heavy atom. The number of hydrogen-bond donors (Lipinski definition) is 1. The van der Waals surface area contributed by atoms with Crippen LogP contribution in [0.4, 0.5) is 8.78 Å². The topological polar surface area (TPSA) is 77.0 Å². The fourth-order valence-electron chi connectivity index (χ4n) is 4.03. The van der Waals surface area contributed by atoms with Gasteiger partial charge in [-0.3, -0.25) is 9.59 Å². The van der Waals surface area contributed by atoms with Crippen LogP contribution in [0.5, 0.6) is 0 Å². The first-order chi connectivity index (χ1) is 15.4. The van der Waals surface area contributed by atoms with E-state index in [-0.39, 0.29) is 23.3 Å². The molecule has 1 aliphatic rings. The van der Waals surface area contributed by atoms with Gasteiger partial charge in [-0.2, -0.15) is 5.26 Å². The molecule has 0 spiro atoms. The molecule has 0 atom stereocenters. The molecule has 162 valence electrons. The maximum absolute atomic E-state index is 14.0. The number of nitrogens with zero attached hydrogens (tertiary/aromatic N) is 2. The van der Waals surface area contributed by atoms with Gasteiger partial charge in [0.15, 0.2) is 0 Å². The van der Waals surface area contributed by atoms with Crippen molar-refractivity contribution in [3.05, 3.63) is 86.8 Å². The molecule has 4 rings (SSSR count). The van der Waals surface area contributed by atoms with Crippen LogP contribution in [0.2, 0.25) is 0 Å². The Balaban J connectivity index is 1.43. The van der Waals surface area contributed by atoms with E-state index in [1.54, 1.807) is 29.2 Å². The maximum Gasteiger partial charge on any atom is 0.259 e. The van der Waals surface area contributed by atoms with E-state index in [2.05, 4.69) is 4.98 Å². The Bertz CT molecular complexity index is 1350. The third-order valence-electron chi connectivity index (χ3n) is 5.86. The van der Waals surface area contributed by atoms with Crippen LogP contribution in [-0.2, 0) is 11.2 Å². The van der Waals surface area contributed by atoms with Crippen LogP contribution in [0.3, 0.4) is 0 Å². The highest BCUT2D eigenvalue weighted by Gasteiger charge is 2.19. The smallest absolute Gasteiger partial charge is 0.259 e. The summed E-state index contributed by atoms with van der Waals surface area (Å²) in [5.41, 5.74) is 2.55. The van der Waals surface area contributed by atoms with Gasteiger partial charge in [-0.15, -0.1) is 0 Å². The predicted molar refractivity (Wildman–Crippen MR) is 118 cm³/mol. The van der Waals surface area contributed by atoms with Crippen molar-refractivity contribution in [3.8, 4) is 6.07 Å². The first-order valence-electron chi connectivity index (χ1n) is 10.3. The minimum absolute atomic E-state index is 0.00614. The number of halogens is 2. The molecule has 1 aliphatic heterocycles. The number of amides is 1. The lowest BCUT2D eigenvalue weighted by Gasteiger charge is -2.27. The van der Waals surface area contributed by atoms with Crippen molar-refractivity contribution in [2.24, 2.45) is 0 Å². The van der Waals surface area contributed by atoms with E-state index in [9.17, 15) is 18.4 Å². The SMILES string of the molecule is Cc1ccc(F)c2c(=O)[nH]c(CCC(=O)N3CC=C(c4ccc(C#N)c(F)c4)CC3)cc12. The number of aromatic nitrogens is 1. The molecule has 32 heavy (non-hydrogen) atoms. The van der Waals surface area contributed by atoms with Crippen molar-refractivity contribution in [1.82, 2.24) is 9.88 Å². The molecule has 0 radical (unpaired) electrons. The standard InChI is InChI=1S/C25H21F2N3O2/c1-15-2-6-21(26)24-20(15)13-19(29-25(24)32)5-7-23(31)30-10-8-16(9-11-30)17-3-4-18(14-28)22(27)12-17/h2-4,6,8,12-13H,5,7,9-11H2,1H3,(H,29,32). The molecule has 0 unspecified atom stereocenters. The second-order valence-corrected chi connectivity index (χ2v) is 7.90. The van der Waals surface area contributed by atoms with Gasteiger partial charge in [0.25, 0.3) is 5.56 Å². The molecule has 1 aromatic heterocycles. The van der Waals surface area contributed by atoms with Gasteiger partial charge in [0.1, 0.15) is 17.7 Å². The Labute approximate surface area is 183 Å². The van der Waals surface area contributed by atoms with Crippen LogP contribution in [0.25, 0.3) is 16.3 Å². The second-order valence-electron chi connectivity index (χ2n) is 7.90. The molecule has 7 heteroatoms. The van der Waals surface area contributed by atoms with Crippen LogP contribution in [0.1, 0.15) is 35.2 Å². The van der Waals surface area contributed by atoms with Crippen molar-refractivity contribution < 1.29 is 13.6 Å². The van der Waals surface area contributed by atoms with Crippen molar-refractivity contribution in [3.63, 3.8) is 0 Å². The number of H-pyrrole nitrogens is 1. The lowest BCUT2D eigenvalue weighted by molar-refractivity contribution is -0.130. The first kappa shape index (κ1) is 21.4. The molecule has 5 nitrogen and oxygen atoms in total.